The van der Waals surface area contributed by atoms with Crippen molar-refractivity contribution in [2.75, 3.05) is 25.0 Å². The molecule has 0 radical (unpaired) electrons. The number of amides is 1. The first-order valence-corrected chi connectivity index (χ1v) is 8.00. The molecule has 1 aromatic heterocycles. The molecule has 1 N–H and O–H groups in total. The zero-order valence-corrected chi connectivity index (χ0v) is 13.4. The predicted octanol–water partition coefficient (Wildman–Crippen LogP) is 3.96. The number of nitrogens with zero attached hydrogens (tertiary/aromatic N) is 2. The van der Waals surface area contributed by atoms with E-state index in [0.717, 1.165) is 38.1 Å². The maximum Gasteiger partial charge on any atom is 0.417 e. The minimum absolute atomic E-state index is 0.0642. The third-order valence-electron chi connectivity index (χ3n) is 3.74. The summed E-state index contributed by atoms with van der Waals surface area (Å²) in [5.74, 6) is 0.398. The molecule has 2 rings (SSSR count). The van der Waals surface area contributed by atoms with E-state index >= 15 is 0 Å². The molecule has 23 heavy (non-hydrogen) atoms. The van der Waals surface area contributed by atoms with Gasteiger partial charge in [0.1, 0.15) is 5.82 Å². The van der Waals surface area contributed by atoms with Gasteiger partial charge < -0.3 is 10.2 Å². The van der Waals surface area contributed by atoms with Crippen molar-refractivity contribution in [2.24, 2.45) is 0 Å². The van der Waals surface area contributed by atoms with E-state index in [2.05, 4.69) is 10.3 Å². The molecule has 0 bridgehead atoms. The van der Waals surface area contributed by atoms with Gasteiger partial charge in [-0.25, -0.2) is 4.98 Å². The highest BCUT2D eigenvalue weighted by Crippen LogP contribution is 2.32. The Kier molecular flexibility index (Phi) is 6.10. The van der Waals surface area contributed by atoms with Crippen molar-refractivity contribution >= 4 is 23.3 Å². The number of alkyl halides is 3. The van der Waals surface area contributed by atoms with Crippen molar-refractivity contribution in [3.63, 3.8) is 0 Å². The van der Waals surface area contributed by atoms with Crippen molar-refractivity contribution in [3.05, 3.63) is 22.8 Å². The molecule has 0 unspecified atom stereocenters. The normalized spacial score (nSPS) is 16.3. The zero-order valence-electron chi connectivity index (χ0n) is 12.6. The van der Waals surface area contributed by atoms with E-state index in [4.69, 9.17) is 11.6 Å². The molecule has 128 valence electrons. The molecule has 1 fully saturated rings. The highest BCUT2D eigenvalue weighted by atomic mass is 35.5. The third kappa shape index (κ3) is 5.27. The van der Waals surface area contributed by atoms with Crippen molar-refractivity contribution in [1.29, 1.82) is 0 Å². The fourth-order valence-electron chi connectivity index (χ4n) is 2.47. The highest BCUT2D eigenvalue weighted by Gasteiger charge is 2.31. The SMILES string of the molecule is O=C1CCCCCN1CCCNc1ncc(C(F)(F)F)cc1Cl. The number of hydrogen-bond donors (Lipinski definition) is 1. The van der Waals surface area contributed by atoms with E-state index in [-0.39, 0.29) is 16.7 Å². The van der Waals surface area contributed by atoms with Gasteiger partial charge in [0, 0.05) is 32.3 Å². The van der Waals surface area contributed by atoms with Crippen LogP contribution in [0.3, 0.4) is 0 Å². The Balaban J connectivity index is 1.81. The van der Waals surface area contributed by atoms with Crippen LogP contribution < -0.4 is 5.32 Å². The molecule has 0 atom stereocenters. The number of carbonyl (C=O) groups is 1. The monoisotopic (exact) mass is 349 g/mol. The molecule has 1 aromatic rings. The van der Waals surface area contributed by atoms with Gasteiger partial charge in [-0.3, -0.25) is 4.79 Å². The van der Waals surface area contributed by atoms with Crippen molar-refractivity contribution < 1.29 is 18.0 Å². The third-order valence-corrected chi connectivity index (χ3v) is 4.03. The van der Waals surface area contributed by atoms with Crippen LogP contribution in [0.25, 0.3) is 0 Å². The Morgan fingerprint density at radius 1 is 1.30 bits per heavy atom. The van der Waals surface area contributed by atoms with Gasteiger partial charge in [0.2, 0.25) is 5.91 Å². The average molecular weight is 350 g/mol. The standard InChI is InChI=1S/C15H19ClF3N3O/c16-12-9-11(15(17,18)19)10-21-14(12)20-6-4-8-22-7-3-1-2-5-13(22)23/h9-10H,1-8H2,(H,20,21). The van der Waals surface area contributed by atoms with Crippen LogP contribution >= 0.6 is 11.6 Å². The minimum atomic E-state index is -4.46. The van der Waals surface area contributed by atoms with E-state index in [9.17, 15) is 18.0 Å². The number of nitrogens with one attached hydrogen (secondary N) is 1. The first kappa shape index (κ1) is 17.8. The maximum absolute atomic E-state index is 12.5. The Bertz CT molecular complexity index is 551. The molecule has 0 saturated carbocycles. The van der Waals surface area contributed by atoms with Gasteiger partial charge in [-0.1, -0.05) is 18.0 Å². The van der Waals surface area contributed by atoms with E-state index in [1.807, 2.05) is 4.90 Å². The van der Waals surface area contributed by atoms with Crippen LogP contribution in [-0.2, 0) is 11.0 Å². The first-order valence-electron chi connectivity index (χ1n) is 7.62. The Labute approximate surface area is 138 Å². The molecule has 0 aliphatic carbocycles. The van der Waals surface area contributed by atoms with E-state index in [1.54, 1.807) is 0 Å². The first-order chi connectivity index (χ1) is 10.9. The summed E-state index contributed by atoms with van der Waals surface area (Å²) >= 11 is 5.82. The number of carbonyl (C=O) groups excluding carboxylic acids is 1. The van der Waals surface area contributed by atoms with Gasteiger partial charge in [0.05, 0.1) is 10.6 Å². The smallest absolute Gasteiger partial charge is 0.369 e. The van der Waals surface area contributed by atoms with E-state index in [1.165, 1.54) is 0 Å². The lowest BCUT2D eigenvalue weighted by molar-refractivity contribution is -0.137. The number of hydrogen-bond acceptors (Lipinski definition) is 3. The quantitative estimate of drug-likeness (QED) is 0.818. The molecule has 1 saturated heterocycles. The van der Waals surface area contributed by atoms with Crippen molar-refractivity contribution in [3.8, 4) is 0 Å². The highest BCUT2D eigenvalue weighted by molar-refractivity contribution is 6.32. The molecular formula is C15H19ClF3N3O. The van der Waals surface area contributed by atoms with Crippen molar-refractivity contribution in [2.45, 2.75) is 38.3 Å². The van der Waals surface area contributed by atoms with Crippen LogP contribution in [0.15, 0.2) is 12.3 Å². The molecular weight excluding hydrogens is 331 g/mol. The number of pyridine rings is 1. The lowest BCUT2D eigenvalue weighted by Gasteiger charge is -2.20. The predicted molar refractivity (Wildman–Crippen MR) is 82.4 cm³/mol. The van der Waals surface area contributed by atoms with Crippen LogP contribution in [-0.4, -0.2) is 35.4 Å². The lowest BCUT2D eigenvalue weighted by atomic mass is 10.2. The Morgan fingerprint density at radius 2 is 2.09 bits per heavy atom. The van der Waals surface area contributed by atoms with Crippen LogP contribution in [0.1, 0.15) is 37.7 Å². The Morgan fingerprint density at radius 3 is 2.78 bits per heavy atom. The second kappa shape index (κ2) is 7.86. The fourth-order valence-corrected chi connectivity index (χ4v) is 2.71. The summed E-state index contributed by atoms with van der Waals surface area (Å²) in [6.45, 7) is 1.89. The maximum atomic E-state index is 12.5. The largest absolute Gasteiger partial charge is 0.417 e. The molecule has 0 aromatic carbocycles. The molecule has 2 heterocycles. The average Bonchev–Trinajstić information content (AvgIpc) is 2.68. The molecule has 0 spiro atoms. The Hall–Kier alpha value is -1.50. The van der Waals surface area contributed by atoms with Crippen LogP contribution in [0.5, 0.6) is 0 Å². The van der Waals surface area contributed by atoms with Gasteiger partial charge in [-0.05, 0) is 25.3 Å². The van der Waals surface area contributed by atoms with Gasteiger partial charge in [-0.15, -0.1) is 0 Å². The molecule has 4 nitrogen and oxygen atoms in total. The lowest BCUT2D eigenvalue weighted by Crippen LogP contribution is -2.32. The number of rotatable bonds is 5. The summed E-state index contributed by atoms with van der Waals surface area (Å²) < 4.78 is 37.6. The minimum Gasteiger partial charge on any atom is -0.369 e. The second-order valence-electron chi connectivity index (χ2n) is 5.52. The number of likely N-dealkylation sites (tertiary alicyclic amines) is 1. The van der Waals surface area contributed by atoms with E-state index < -0.39 is 11.7 Å². The van der Waals surface area contributed by atoms with Gasteiger partial charge in [-0.2, -0.15) is 13.2 Å². The number of anilines is 1. The fraction of sp³-hybridized carbons (Fsp3) is 0.600. The van der Waals surface area contributed by atoms with Crippen molar-refractivity contribution in [1.82, 2.24) is 9.88 Å². The summed E-state index contributed by atoms with van der Waals surface area (Å²) in [6.07, 6.45) is 0.620. The van der Waals surface area contributed by atoms with Gasteiger partial charge in [0.25, 0.3) is 0 Å². The summed E-state index contributed by atoms with van der Waals surface area (Å²) in [5, 5.41) is 2.85. The molecule has 8 heteroatoms. The van der Waals surface area contributed by atoms with Crippen LogP contribution in [0, 0.1) is 0 Å². The summed E-state index contributed by atoms with van der Waals surface area (Å²) in [4.78, 5) is 17.4. The molecule has 1 aliphatic heterocycles. The van der Waals surface area contributed by atoms with Crippen LogP contribution in [0.4, 0.5) is 19.0 Å². The topological polar surface area (TPSA) is 45.2 Å². The molecule has 1 aliphatic rings. The zero-order chi connectivity index (χ0) is 16.9. The van der Waals surface area contributed by atoms with Gasteiger partial charge in [0.15, 0.2) is 0 Å². The number of aromatic nitrogens is 1. The summed E-state index contributed by atoms with van der Waals surface area (Å²) in [6, 6.07) is 0.856. The summed E-state index contributed by atoms with van der Waals surface area (Å²) in [7, 11) is 0. The van der Waals surface area contributed by atoms with Crippen LogP contribution in [0.2, 0.25) is 5.02 Å². The molecule has 1 amide bonds. The second-order valence-corrected chi connectivity index (χ2v) is 5.93. The van der Waals surface area contributed by atoms with E-state index in [0.29, 0.717) is 25.9 Å². The summed E-state index contributed by atoms with van der Waals surface area (Å²) in [5.41, 5.74) is -0.872. The van der Waals surface area contributed by atoms with Gasteiger partial charge >= 0.3 is 6.18 Å². The number of halogens is 4.